The highest BCUT2D eigenvalue weighted by Gasteiger charge is 2.22. The van der Waals surface area contributed by atoms with Crippen LogP contribution in [0.5, 0.6) is 0 Å². The van der Waals surface area contributed by atoms with Crippen molar-refractivity contribution in [3.63, 3.8) is 0 Å². The lowest BCUT2D eigenvalue weighted by Crippen LogP contribution is -2.44. The van der Waals surface area contributed by atoms with Gasteiger partial charge in [-0.2, -0.15) is 0 Å². The minimum absolute atomic E-state index is 0.0924. The Balaban J connectivity index is 1.31. The maximum atomic E-state index is 9.18. The van der Waals surface area contributed by atoms with E-state index < -0.39 is 0 Å². The van der Waals surface area contributed by atoms with Gasteiger partial charge in [0, 0.05) is 56.4 Å². The van der Waals surface area contributed by atoms with E-state index in [1.165, 1.54) is 38.7 Å². The molecule has 1 aliphatic rings. The minimum atomic E-state index is 0.0924. The smallest absolute Gasteiger partial charge is 0.0994 e. The van der Waals surface area contributed by atoms with Gasteiger partial charge in [0.15, 0.2) is 0 Å². The Kier molecular flexibility index (Phi) is 10.8. The van der Waals surface area contributed by atoms with Crippen LogP contribution in [0.2, 0.25) is 0 Å². The number of aliphatic hydroxyl groups is 1. The molecule has 0 radical (unpaired) electrons. The van der Waals surface area contributed by atoms with Crippen molar-refractivity contribution in [2.24, 2.45) is 5.92 Å². The topological polar surface area (TPSA) is 61.0 Å². The van der Waals surface area contributed by atoms with E-state index in [0.717, 1.165) is 58.6 Å². The molecule has 0 amide bonds. The molecule has 2 aromatic carbocycles. The van der Waals surface area contributed by atoms with Gasteiger partial charge in [0.1, 0.15) is 0 Å². The summed E-state index contributed by atoms with van der Waals surface area (Å²) in [7, 11) is 0. The number of nitrogens with one attached hydrogen (secondary N) is 1. The number of aliphatic hydroxyl groups excluding tert-OH is 1. The summed E-state index contributed by atoms with van der Waals surface area (Å²) in [5, 5.41) is 10.5. The first kappa shape index (κ1) is 28.8. The maximum Gasteiger partial charge on any atom is 0.0994 e. The standard InChI is InChI=1S/C32H47N3O3/c1-24(2)18-35(19-27-16-25(3)26(4)28(17-27)8-5-6-14-36)23-37-22-30-21-34(13-15-38-30)20-29-9-7-10-32-31(29)11-12-33-32/h7,9-12,16-17,24,30,33,36H,5-6,8,13-15,18-23H2,1-4H3. The fraction of sp³-hybridized carbons (Fsp3) is 0.562. The van der Waals surface area contributed by atoms with Crippen molar-refractivity contribution in [3.8, 4) is 0 Å². The molecule has 1 aliphatic heterocycles. The Labute approximate surface area is 228 Å². The number of fused-ring (bicyclic) bond motifs is 1. The number of ether oxygens (including phenoxy) is 2. The third-order valence-electron chi connectivity index (χ3n) is 7.60. The average Bonchev–Trinajstić information content (AvgIpc) is 3.37. The number of aromatic amines is 1. The van der Waals surface area contributed by atoms with E-state index in [-0.39, 0.29) is 12.7 Å². The SMILES string of the molecule is Cc1cc(CN(COCC2CN(Cc3cccc4[nH]ccc34)CCO2)CC(C)C)cc(CCCCO)c1C. The first-order chi connectivity index (χ1) is 18.4. The van der Waals surface area contributed by atoms with Crippen LogP contribution in [-0.4, -0.2) is 72.2 Å². The third kappa shape index (κ3) is 8.14. The summed E-state index contributed by atoms with van der Waals surface area (Å²) in [4.78, 5) is 8.22. The van der Waals surface area contributed by atoms with Gasteiger partial charge >= 0.3 is 0 Å². The van der Waals surface area contributed by atoms with Crippen LogP contribution >= 0.6 is 0 Å². The molecule has 0 aliphatic carbocycles. The zero-order chi connectivity index (χ0) is 26.9. The van der Waals surface area contributed by atoms with E-state index in [4.69, 9.17) is 9.47 Å². The van der Waals surface area contributed by atoms with E-state index in [1.54, 1.807) is 0 Å². The van der Waals surface area contributed by atoms with Gasteiger partial charge in [-0.3, -0.25) is 9.80 Å². The molecule has 208 valence electrons. The molecule has 1 atom stereocenters. The van der Waals surface area contributed by atoms with Crippen molar-refractivity contribution in [3.05, 3.63) is 70.4 Å². The van der Waals surface area contributed by atoms with Gasteiger partial charge < -0.3 is 19.6 Å². The molecule has 0 bridgehead atoms. The summed E-state index contributed by atoms with van der Waals surface area (Å²) in [5.41, 5.74) is 8.03. The van der Waals surface area contributed by atoms with Crippen LogP contribution in [0.1, 0.15) is 54.5 Å². The zero-order valence-corrected chi connectivity index (χ0v) is 23.8. The molecule has 3 aromatic rings. The normalized spacial score (nSPS) is 16.8. The summed E-state index contributed by atoms with van der Waals surface area (Å²) >= 11 is 0. The molecule has 6 heteroatoms. The molecule has 6 nitrogen and oxygen atoms in total. The number of rotatable bonds is 14. The predicted octanol–water partition coefficient (Wildman–Crippen LogP) is 5.43. The molecule has 2 heterocycles. The number of benzene rings is 2. The van der Waals surface area contributed by atoms with Crippen LogP contribution in [0.3, 0.4) is 0 Å². The van der Waals surface area contributed by atoms with Crippen molar-refractivity contribution in [1.29, 1.82) is 0 Å². The first-order valence-corrected chi connectivity index (χ1v) is 14.3. The summed E-state index contributed by atoms with van der Waals surface area (Å²) in [5.74, 6) is 0.562. The molecule has 1 fully saturated rings. The number of H-pyrrole nitrogens is 1. The molecule has 1 unspecified atom stereocenters. The molecule has 38 heavy (non-hydrogen) atoms. The van der Waals surface area contributed by atoms with Crippen LogP contribution in [0.15, 0.2) is 42.6 Å². The lowest BCUT2D eigenvalue weighted by Gasteiger charge is -2.33. The van der Waals surface area contributed by atoms with Gasteiger partial charge in [0.25, 0.3) is 0 Å². The lowest BCUT2D eigenvalue weighted by atomic mass is 9.95. The second-order valence-corrected chi connectivity index (χ2v) is 11.4. The van der Waals surface area contributed by atoms with Crippen LogP contribution in [0.25, 0.3) is 10.9 Å². The highest BCUT2D eigenvalue weighted by molar-refractivity contribution is 5.82. The van der Waals surface area contributed by atoms with Gasteiger partial charge in [-0.05, 0) is 79.0 Å². The number of aromatic nitrogens is 1. The quantitative estimate of drug-likeness (QED) is 0.219. The van der Waals surface area contributed by atoms with Gasteiger partial charge in [0.05, 0.1) is 26.0 Å². The second-order valence-electron chi connectivity index (χ2n) is 11.4. The summed E-state index contributed by atoms with van der Waals surface area (Å²) in [6.45, 7) is 15.8. The van der Waals surface area contributed by atoms with E-state index in [0.29, 0.717) is 19.3 Å². The van der Waals surface area contributed by atoms with E-state index in [1.807, 2.05) is 6.20 Å². The highest BCUT2D eigenvalue weighted by Crippen LogP contribution is 2.22. The number of aryl methyl sites for hydroxylation is 2. The van der Waals surface area contributed by atoms with E-state index in [9.17, 15) is 5.11 Å². The monoisotopic (exact) mass is 521 g/mol. The predicted molar refractivity (Wildman–Crippen MR) is 155 cm³/mol. The van der Waals surface area contributed by atoms with E-state index >= 15 is 0 Å². The fourth-order valence-corrected chi connectivity index (χ4v) is 5.60. The number of nitrogens with zero attached hydrogens (tertiary/aromatic N) is 2. The summed E-state index contributed by atoms with van der Waals surface area (Å²) < 4.78 is 12.4. The maximum absolute atomic E-state index is 9.18. The molecule has 2 N–H and O–H groups in total. The number of unbranched alkanes of at least 4 members (excludes halogenated alkanes) is 1. The third-order valence-corrected chi connectivity index (χ3v) is 7.60. The summed E-state index contributed by atoms with van der Waals surface area (Å²) in [6.07, 6.45) is 5.02. The Morgan fingerprint density at radius 3 is 2.84 bits per heavy atom. The number of hydrogen-bond acceptors (Lipinski definition) is 5. The molecule has 0 spiro atoms. The van der Waals surface area contributed by atoms with Gasteiger partial charge in [-0.15, -0.1) is 0 Å². The van der Waals surface area contributed by atoms with Gasteiger partial charge in [-0.25, -0.2) is 0 Å². The van der Waals surface area contributed by atoms with Crippen molar-refractivity contribution in [2.75, 3.05) is 46.2 Å². The fourth-order valence-electron chi connectivity index (χ4n) is 5.60. The Bertz CT molecular complexity index is 1140. The van der Waals surface area contributed by atoms with Crippen molar-refractivity contribution >= 4 is 10.9 Å². The lowest BCUT2D eigenvalue weighted by molar-refractivity contribution is -0.0889. The molecular weight excluding hydrogens is 474 g/mol. The van der Waals surface area contributed by atoms with Crippen LogP contribution in [0, 0.1) is 19.8 Å². The molecule has 0 saturated carbocycles. The minimum Gasteiger partial charge on any atom is -0.396 e. The molecule has 1 saturated heterocycles. The first-order valence-electron chi connectivity index (χ1n) is 14.3. The van der Waals surface area contributed by atoms with Crippen LogP contribution in [-0.2, 0) is 29.0 Å². The number of hydrogen-bond donors (Lipinski definition) is 2. The second kappa shape index (κ2) is 14.2. The van der Waals surface area contributed by atoms with Crippen molar-refractivity contribution in [2.45, 2.75) is 66.2 Å². The Morgan fingerprint density at radius 1 is 1.16 bits per heavy atom. The van der Waals surface area contributed by atoms with E-state index in [2.05, 4.69) is 78.9 Å². The number of morpholine rings is 1. The highest BCUT2D eigenvalue weighted by atomic mass is 16.5. The zero-order valence-electron chi connectivity index (χ0n) is 23.8. The average molecular weight is 522 g/mol. The molecule has 1 aromatic heterocycles. The van der Waals surface area contributed by atoms with Crippen LogP contribution < -0.4 is 0 Å². The Morgan fingerprint density at radius 2 is 2.03 bits per heavy atom. The van der Waals surface area contributed by atoms with Crippen LogP contribution in [0.4, 0.5) is 0 Å². The molecular formula is C32H47N3O3. The summed E-state index contributed by atoms with van der Waals surface area (Å²) in [6, 6.07) is 13.3. The van der Waals surface area contributed by atoms with Crippen molar-refractivity contribution in [1.82, 2.24) is 14.8 Å². The van der Waals surface area contributed by atoms with Gasteiger partial charge in [0.2, 0.25) is 0 Å². The van der Waals surface area contributed by atoms with Crippen molar-refractivity contribution < 1.29 is 14.6 Å². The largest absolute Gasteiger partial charge is 0.396 e. The Hall–Kier alpha value is -2.22. The molecule has 4 rings (SSSR count). The van der Waals surface area contributed by atoms with Gasteiger partial charge in [-0.1, -0.05) is 38.1 Å².